The molecule has 108 valence electrons. The Morgan fingerprint density at radius 1 is 1.40 bits per heavy atom. The number of halogens is 5. The Hall–Kier alpha value is -2.02. The molecule has 1 aromatic rings. The third kappa shape index (κ3) is 4.27. The number of nitriles is 1. The summed E-state index contributed by atoms with van der Waals surface area (Å²) in [6.07, 6.45) is 0. The summed E-state index contributed by atoms with van der Waals surface area (Å²) in [4.78, 5) is 9.97. The van der Waals surface area contributed by atoms with Gasteiger partial charge in [-0.1, -0.05) is 0 Å². The number of benzene rings is 1. The molecule has 0 saturated heterocycles. The van der Waals surface area contributed by atoms with E-state index in [1.54, 1.807) is 0 Å². The first kappa shape index (κ1) is 16.0. The lowest BCUT2D eigenvalue weighted by Crippen LogP contribution is -2.08. The maximum atomic E-state index is 12.3. The number of carboxylic acids is 1. The van der Waals surface area contributed by atoms with Gasteiger partial charge in [0.25, 0.3) is 0 Å². The Morgan fingerprint density at radius 2 is 2.00 bits per heavy atom. The maximum Gasteiger partial charge on any atom is 0.446 e. The zero-order chi connectivity index (χ0) is 15.5. The van der Waals surface area contributed by atoms with Crippen molar-refractivity contribution in [2.45, 2.75) is 17.0 Å². The van der Waals surface area contributed by atoms with Crippen LogP contribution in [0.25, 0.3) is 0 Å². The minimum absolute atomic E-state index is 0.459. The number of hydrogen-bond donors (Lipinski definition) is 1. The number of carboxylic acid groups (broad SMARTS) is 1. The van der Waals surface area contributed by atoms with Gasteiger partial charge in [0.15, 0.2) is 0 Å². The second-order valence-electron chi connectivity index (χ2n) is 3.19. The van der Waals surface area contributed by atoms with Crippen LogP contribution in [0.3, 0.4) is 0 Å². The highest BCUT2D eigenvalue weighted by molar-refractivity contribution is 8.00. The predicted octanol–water partition coefficient (Wildman–Crippen LogP) is 3.47. The third-order valence-electron chi connectivity index (χ3n) is 1.88. The van der Waals surface area contributed by atoms with E-state index < -0.39 is 51.6 Å². The molecule has 4 nitrogen and oxygen atoms in total. The van der Waals surface area contributed by atoms with Gasteiger partial charge in [0.1, 0.15) is 11.8 Å². The van der Waals surface area contributed by atoms with E-state index in [0.717, 1.165) is 0 Å². The predicted molar refractivity (Wildman–Crippen MR) is 56.7 cm³/mol. The fraction of sp³-hybridized carbons (Fsp3) is 0.200. The van der Waals surface area contributed by atoms with E-state index in [0.29, 0.717) is 12.1 Å². The van der Waals surface area contributed by atoms with Crippen LogP contribution in [-0.4, -0.2) is 23.2 Å². The molecule has 1 rings (SSSR count). The average molecular weight is 313 g/mol. The summed E-state index contributed by atoms with van der Waals surface area (Å²) < 4.78 is 64.9. The Bertz CT molecular complexity index is 567. The molecule has 0 radical (unpaired) electrons. The molecule has 0 aliphatic carbocycles. The van der Waals surface area contributed by atoms with Gasteiger partial charge in [-0.25, -0.2) is 4.79 Å². The van der Waals surface area contributed by atoms with Crippen molar-refractivity contribution in [3.05, 3.63) is 23.3 Å². The molecule has 0 bridgehead atoms. The Balaban J connectivity index is 3.40. The van der Waals surface area contributed by atoms with Crippen LogP contribution >= 0.6 is 11.8 Å². The first-order chi connectivity index (χ1) is 9.14. The summed E-state index contributed by atoms with van der Waals surface area (Å²) in [6.45, 7) is -3.43. The van der Waals surface area contributed by atoms with Crippen molar-refractivity contribution >= 4 is 17.7 Å². The highest BCUT2D eigenvalue weighted by Gasteiger charge is 2.32. The van der Waals surface area contributed by atoms with Crippen LogP contribution in [0.5, 0.6) is 5.75 Å². The molecule has 0 aliphatic rings. The summed E-state index contributed by atoms with van der Waals surface area (Å²) in [5.74, 6) is -2.61. The summed E-state index contributed by atoms with van der Waals surface area (Å²) in [5, 5.41) is 17.4. The van der Waals surface area contributed by atoms with Crippen molar-refractivity contribution in [1.82, 2.24) is 0 Å². The van der Waals surface area contributed by atoms with Gasteiger partial charge in [-0.3, -0.25) is 0 Å². The van der Waals surface area contributed by atoms with Crippen LogP contribution in [0.2, 0.25) is 0 Å². The highest BCUT2D eigenvalue weighted by Crippen LogP contribution is 2.43. The number of alkyl halides is 5. The molecule has 1 aromatic carbocycles. The molecule has 0 fully saturated rings. The summed E-state index contributed by atoms with van der Waals surface area (Å²) in [7, 11) is 0. The molecule has 1 N–H and O–H groups in total. The molecule has 0 aromatic heterocycles. The van der Waals surface area contributed by atoms with E-state index in [-0.39, 0.29) is 0 Å². The third-order valence-corrected chi connectivity index (χ3v) is 2.65. The van der Waals surface area contributed by atoms with E-state index in [4.69, 9.17) is 10.4 Å². The molecular weight excluding hydrogens is 309 g/mol. The maximum absolute atomic E-state index is 12.3. The number of nitrogens with zero attached hydrogens (tertiary/aromatic N) is 1. The molecule has 0 amide bonds. The molecule has 0 spiro atoms. The van der Waals surface area contributed by atoms with Crippen LogP contribution in [-0.2, 0) is 0 Å². The van der Waals surface area contributed by atoms with Crippen molar-refractivity contribution in [2.24, 2.45) is 0 Å². The summed E-state index contributed by atoms with van der Waals surface area (Å²) >= 11 is -0.783. The van der Waals surface area contributed by atoms with Crippen LogP contribution < -0.4 is 4.74 Å². The van der Waals surface area contributed by atoms with Crippen molar-refractivity contribution < 1.29 is 36.6 Å². The topological polar surface area (TPSA) is 70.3 Å². The number of ether oxygens (including phenoxy) is 1. The van der Waals surface area contributed by atoms with Crippen LogP contribution in [0.15, 0.2) is 17.0 Å². The van der Waals surface area contributed by atoms with Crippen molar-refractivity contribution in [3.63, 3.8) is 0 Å². The SMILES string of the molecule is N#Cc1cc(SC(F)(F)F)c(OC(F)F)cc1C(=O)O. The van der Waals surface area contributed by atoms with Gasteiger partial charge < -0.3 is 9.84 Å². The molecule has 10 heteroatoms. The highest BCUT2D eigenvalue weighted by atomic mass is 32.2. The minimum Gasteiger partial charge on any atom is -0.478 e. The Kier molecular flexibility index (Phi) is 4.78. The van der Waals surface area contributed by atoms with Crippen LogP contribution in [0.4, 0.5) is 22.0 Å². The lowest BCUT2D eigenvalue weighted by molar-refractivity contribution is -0.0528. The minimum atomic E-state index is -4.81. The molecule has 0 saturated carbocycles. The standard InChI is InChI=1S/C10H4F5NO3S/c11-9(12)19-6-2-5(8(17)18)4(3-16)1-7(6)20-10(13,14)15/h1-2,9H,(H,17,18). The molecule has 0 aliphatic heterocycles. The van der Waals surface area contributed by atoms with Gasteiger partial charge in [0.05, 0.1) is 16.0 Å². The first-order valence-electron chi connectivity index (χ1n) is 4.66. The number of thioether (sulfide) groups is 1. The lowest BCUT2D eigenvalue weighted by Gasteiger charge is -2.13. The Morgan fingerprint density at radius 3 is 2.40 bits per heavy atom. The zero-order valence-electron chi connectivity index (χ0n) is 9.24. The molecule has 20 heavy (non-hydrogen) atoms. The van der Waals surface area contributed by atoms with Crippen molar-refractivity contribution in [3.8, 4) is 11.8 Å². The zero-order valence-corrected chi connectivity index (χ0v) is 10.1. The van der Waals surface area contributed by atoms with Gasteiger partial charge in [-0.15, -0.1) is 0 Å². The number of aromatic carboxylic acids is 1. The van der Waals surface area contributed by atoms with E-state index in [9.17, 15) is 26.7 Å². The average Bonchev–Trinajstić information content (AvgIpc) is 2.27. The largest absolute Gasteiger partial charge is 0.478 e. The quantitative estimate of drug-likeness (QED) is 0.681. The normalized spacial score (nSPS) is 11.2. The fourth-order valence-corrected chi connectivity index (χ4v) is 1.86. The molecule has 0 atom stereocenters. The van der Waals surface area contributed by atoms with Gasteiger partial charge in [0, 0.05) is 0 Å². The van der Waals surface area contributed by atoms with Gasteiger partial charge in [-0.05, 0) is 23.9 Å². The Labute approximate surface area is 112 Å². The van der Waals surface area contributed by atoms with E-state index in [1.165, 1.54) is 6.07 Å². The van der Waals surface area contributed by atoms with Crippen molar-refractivity contribution in [1.29, 1.82) is 5.26 Å². The van der Waals surface area contributed by atoms with Gasteiger partial charge in [-0.2, -0.15) is 27.2 Å². The first-order valence-corrected chi connectivity index (χ1v) is 5.47. The second kappa shape index (κ2) is 5.96. The van der Waals surface area contributed by atoms with E-state index >= 15 is 0 Å². The number of hydrogen-bond acceptors (Lipinski definition) is 4. The summed E-state index contributed by atoms with van der Waals surface area (Å²) in [5.41, 5.74) is -6.13. The van der Waals surface area contributed by atoms with E-state index in [1.807, 2.05) is 0 Å². The smallest absolute Gasteiger partial charge is 0.446 e. The number of carbonyl (C=O) groups is 1. The van der Waals surface area contributed by atoms with Crippen LogP contribution in [0.1, 0.15) is 15.9 Å². The van der Waals surface area contributed by atoms with Gasteiger partial charge in [0.2, 0.25) is 0 Å². The summed E-state index contributed by atoms with van der Waals surface area (Å²) in [6, 6.07) is 2.38. The van der Waals surface area contributed by atoms with Crippen LogP contribution in [0, 0.1) is 11.3 Å². The van der Waals surface area contributed by atoms with E-state index in [2.05, 4.69) is 4.74 Å². The second-order valence-corrected chi connectivity index (χ2v) is 4.29. The monoisotopic (exact) mass is 313 g/mol. The lowest BCUT2D eigenvalue weighted by atomic mass is 10.1. The molecular formula is C10H4F5NO3S. The number of rotatable bonds is 4. The molecule has 0 heterocycles. The van der Waals surface area contributed by atoms with Crippen molar-refractivity contribution in [2.75, 3.05) is 0 Å². The fourth-order valence-electron chi connectivity index (χ4n) is 1.22. The van der Waals surface area contributed by atoms with Gasteiger partial charge >= 0.3 is 18.1 Å². The molecule has 0 unspecified atom stereocenters.